The topological polar surface area (TPSA) is 307 Å². The number of carboxylic acid groups (broad SMARTS) is 1. The van der Waals surface area contributed by atoms with Crippen molar-refractivity contribution in [2.75, 3.05) is 51.8 Å². The number of hydrogen-bond acceptors (Lipinski definition) is 20. The summed E-state index contributed by atoms with van der Waals surface area (Å²) in [6.45, 7) is 13.3. The summed E-state index contributed by atoms with van der Waals surface area (Å²) in [5.41, 5.74) is -2.41. The molecule has 84 heavy (non-hydrogen) atoms. The zero-order valence-corrected chi connectivity index (χ0v) is 48.6. The maximum absolute atomic E-state index is 16.0. The van der Waals surface area contributed by atoms with Crippen LogP contribution in [0.5, 0.6) is 11.5 Å². The molecule has 7 aliphatic rings. The molecule has 0 spiro atoms. The van der Waals surface area contributed by atoms with Crippen LogP contribution in [0.4, 0.5) is 10.2 Å². The number of amides is 1. The predicted octanol–water partition coefficient (Wildman–Crippen LogP) is 5.03. The van der Waals surface area contributed by atoms with Crippen molar-refractivity contribution < 1.29 is 77.4 Å². The molecule has 1 saturated carbocycles. The number of allylic oxidation sites excluding steroid dienone is 4. The van der Waals surface area contributed by atoms with Gasteiger partial charge in [-0.3, -0.25) is 28.8 Å². The average molecular weight is 1170 g/mol. The molecule has 7 heterocycles. The van der Waals surface area contributed by atoms with Crippen LogP contribution in [-0.2, 0) is 28.6 Å². The number of anilines is 1. The highest BCUT2D eigenvalue weighted by Gasteiger charge is 2.53. The third kappa shape index (κ3) is 11.3. The lowest BCUT2D eigenvalue weighted by atomic mass is 9.78. The number of aromatic carboxylic acids is 1. The monoisotopic (exact) mass is 1170 g/mol. The van der Waals surface area contributed by atoms with Crippen LogP contribution in [0.25, 0.3) is 11.0 Å². The molecule has 1 unspecified atom stereocenters. The highest BCUT2D eigenvalue weighted by atomic mass is 19.1. The van der Waals surface area contributed by atoms with E-state index in [1.807, 2.05) is 0 Å². The number of Topliss-reactive ketones (excluding diaryl/α,β-unsaturated/α-hetero) is 3. The third-order valence-electron chi connectivity index (χ3n) is 17.3. The van der Waals surface area contributed by atoms with E-state index >= 15 is 14.0 Å². The number of carbonyl (C=O) groups is 6. The molecule has 1 aromatic carbocycles. The number of hydrogen-bond donors (Lipinski definition) is 6. The van der Waals surface area contributed by atoms with Gasteiger partial charge in [-0.2, -0.15) is 0 Å². The summed E-state index contributed by atoms with van der Waals surface area (Å²) in [5.74, 6) is -12.4. The van der Waals surface area contributed by atoms with Gasteiger partial charge >= 0.3 is 17.7 Å². The standard InChI is InChI=1S/C60H72FN7O16/c1-27-12-11-13-28(2)58(77)63-45-46(66-19-16-35(17-20-66)62-23-34-24-67(26-40(34)65-81-10)57-39(61)22-37-50(73)38(59(78)79)25-68(36-14-15-36)56(37)64-57)52(75)42-43(51(45)74)49(72)32(6)54-44(42)55(76)60(8,84-54)82-21-18-41(80-9)29(3)53(83-33(7)69)31(5)48(71)30(4)47(27)70/h11-13,18,21-22,25,27,29-31,34-36,41,47-48,53,62,70-72H,14-17,19-20,23-24,26H2,1-10H3,(H,63,77)(H,78,79)/b12-11+,21-18+,28-13-,65-40+/t27-,29-,30-,31-,34?,41+,47+,48+,53+,60+/m1/s1. The molecule has 2 aromatic heterocycles. The van der Waals surface area contributed by atoms with E-state index in [0.717, 1.165) is 25.2 Å². The van der Waals surface area contributed by atoms with E-state index in [4.69, 9.17) is 23.8 Å². The molecule has 5 aliphatic heterocycles. The highest BCUT2D eigenvalue weighted by molar-refractivity contribution is 6.32. The van der Waals surface area contributed by atoms with Crippen LogP contribution in [0.3, 0.4) is 0 Å². The average Bonchev–Trinajstić information content (AvgIpc) is 1.41. The fourth-order valence-corrected chi connectivity index (χ4v) is 12.2. The number of likely N-dealkylation sites (tertiary alicyclic amines) is 1. The number of benzene rings is 1. The van der Waals surface area contributed by atoms with Gasteiger partial charge in [0.2, 0.25) is 17.0 Å². The van der Waals surface area contributed by atoms with E-state index < -0.39 is 128 Å². The number of esters is 1. The number of piperidine rings is 1. The summed E-state index contributed by atoms with van der Waals surface area (Å²) in [4.78, 5) is 110. The van der Waals surface area contributed by atoms with Gasteiger partial charge < -0.3 is 69.2 Å². The summed E-state index contributed by atoms with van der Waals surface area (Å²) in [6, 6.07) is 0.770. The Morgan fingerprint density at radius 2 is 1.64 bits per heavy atom. The first kappa shape index (κ1) is 60.8. The normalized spacial score (nSPS) is 30.0. The summed E-state index contributed by atoms with van der Waals surface area (Å²) in [7, 11) is 2.81. The summed E-state index contributed by atoms with van der Waals surface area (Å²) in [5, 5.41) is 55.1. The molecular weight excluding hydrogens is 1090 g/mol. The number of phenols is 1. The summed E-state index contributed by atoms with van der Waals surface area (Å²) >= 11 is 0. The maximum atomic E-state index is 16.0. The number of halogens is 1. The minimum Gasteiger partial charge on any atom is -0.507 e. The maximum Gasteiger partial charge on any atom is 0.341 e. The van der Waals surface area contributed by atoms with Crippen molar-refractivity contribution in [3.63, 3.8) is 0 Å². The Morgan fingerprint density at radius 1 is 0.940 bits per heavy atom. The first-order valence-corrected chi connectivity index (χ1v) is 28.2. The molecule has 3 fully saturated rings. The van der Waals surface area contributed by atoms with Crippen LogP contribution < -0.4 is 25.7 Å². The number of ketones is 3. The van der Waals surface area contributed by atoms with Crippen molar-refractivity contribution in [3.8, 4) is 11.5 Å². The number of aromatic hydroxyl groups is 1. The lowest BCUT2D eigenvalue weighted by Crippen LogP contribution is -2.48. The fraction of sp³-hybridized carbons (Fsp3) is 0.517. The first-order chi connectivity index (χ1) is 39.8. The van der Waals surface area contributed by atoms with Gasteiger partial charge in [0, 0.05) is 106 Å². The summed E-state index contributed by atoms with van der Waals surface area (Å²) in [6.07, 6.45) is 6.68. The Hall–Kier alpha value is -7.80. The number of nitrogens with one attached hydrogen (secondary N) is 2. The van der Waals surface area contributed by atoms with Gasteiger partial charge in [-0.15, -0.1) is 0 Å². The number of aromatic nitrogens is 2. The number of oxime groups is 1. The van der Waals surface area contributed by atoms with E-state index in [2.05, 4.69) is 20.8 Å². The molecule has 10 atom stereocenters. The smallest absolute Gasteiger partial charge is 0.341 e. The molecular formula is C60H72FN7O16. The molecule has 2 aliphatic carbocycles. The Morgan fingerprint density at radius 3 is 2.29 bits per heavy atom. The van der Waals surface area contributed by atoms with Crippen LogP contribution in [0.15, 0.2) is 69.7 Å². The van der Waals surface area contributed by atoms with Crippen LogP contribution in [0.1, 0.15) is 127 Å². The third-order valence-corrected chi connectivity index (χ3v) is 17.3. The lowest BCUT2D eigenvalue weighted by Gasteiger charge is -2.38. The van der Waals surface area contributed by atoms with E-state index in [-0.39, 0.29) is 89.2 Å². The van der Waals surface area contributed by atoms with Gasteiger partial charge in [0.1, 0.15) is 47.3 Å². The number of phenolic OH excluding ortho intramolecular Hbond substituents is 1. The van der Waals surface area contributed by atoms with Crippen molar-refractivity contribution in [1.82, 2.24) is 25.1 Å². The van der Waals surface area contributed by atoms with Crippen LogP contribution in [-0.4, -0.2) is 159 Å². The quantitative estimate of drug-likeness (QED) is 0.114. The molecule has 3 aromatic rings. The van der Waals surface area contributed by atoms with E-state index in [1.165, 1.54) is 60.3 Å². The molecule has 2 saturated heterocycles. The number of carbonyl (C=O) groups excluding carboxylic acids is 5. The molecule has 10 rings (SSSR count). The Labute approximate surface area is 483 Å². The number of aliphatic hydroxyl groups excluding tert-OH is 2. The van der Waals surface area contributed by atoms with Gasteiger partial charge in [-0.05, 0) is 51.7 Å². The number of fused-ring (bicyclic) bond motifs is 15. The fourth-order valence-electron chi connectivity index (χ4n) is 12.2. The number of carboxylic acids is 1. The van der Waals surface area contributed by atoms with Crippen molar-refractivity contribution in [1.29, 1.82) is 0 Å². The minimum absolute atomic E-state index is 0.0365. The van der Waals surface area contributed by atoms with Crippen molar-refractivity contribution in [2.24, 2.45) is 34.7 Å². The first-order valence-electron chi connectivity index (χ1n) is 28.2. The van der Waals surface area contributed by atoms with Crippen molar-refractivity contribution in [3.05, 3.63) is 104 Å². The van der Waals surface area contributed by atoms with Gasteiger partial charge in [0.25, 0.3) is 11.7 Å². The van der Waals surface area contributed by atoms with E-state index in [1.54, 1.807) is 54.2 Å². The van der Waals surface area contributed by atoms with Gasteiger partial charge in [0.05, 0.1) is 58.9 Å². The van der Waals surface area contributed by atoms with Crippen molar-refractivity contribution in [2.45, 2.75) is 123 Å². The number of rotatable bonds is 10. The van der Waals surface area contributed by atoms with Crippen LogP contribution >= 0.6 is 0 Å². The zero-order chi connectivity index (χ0) is 61.0. The molecule has 24 heteroatoms. The minimum atomic E-state index is -2.17. The highest BCUT2D eigenvalue weighted by Crippen LogP contribution is 2.49. The van der Waals surface area contributed by atoms with E-state index in [9.17, 15) is 44.4 Å². The van der Waals surface area contributed by atoms with Gasteiger partial charge in [0.15, 0.2) is 11.6 Å². The Balaban J connectivity index is 1.01. The van der Waals surface area contributed by atoms with Crippen LogP contribution in [0.2, 0.25) is 0 Å². The van der Waals surface area contributed by atoms with Crippen LogP contribution in [0, 0.1) is 42.3 Å². The SMILES string of the molecule is CO/N=C1\CN(c2nc3c(cc2F)c(=O)c(C(=O)O)cn3C2CC2)CC1CNC1CCN(C2=C3NC(=O)/C(C)=C\C=C\[C@@H](C)[C@H](O)[C@@H](C)[C@H](O)[C@@H](C)[C@@H](OC(C)=O)[C@H](C)[C@@H](OC)/C=C/O[C@@]4(C)Oc5c(C)c(O)c(c(c5C4=O)C2=O)C3=O)CC1. The second kappa shape index (κ2) is 24.1. The molecule has 23 nitrogen and oxygen atoms in total. The number of aliphatic hydroxyl groups is 2. The predicted molar refractivity (Wildman–Crippen MR) is 302 cm³/mol. The number of pyridine rings is 2. The van der Waals surface area contributed by atoms with Gasteiger partial charge in [-0.25, -0.2) is 14.2 Å². The second-order valence-electron chi connectivity index (χ2n) is 23.0. The Bertz CT molecular complexity index is 3430. The summed E-state index contributed by atoms with van der Waals surface area (Å²) < 4.78 is 41.5. The zero-order valence-electron chi connectivity index (χ0n) is 48.6. The van der Waals surface area contributed by atoms with E-state index in [0.29, 0.717) is 25.1 Å². The largest absolute Gasteiger partial charge is 0.507 e. The molecule has 5 bridgehead atoms. The number of ether oxygens (including phenoxy) is 4. The number of methoxy groups -OCH3 is 1. The second-order valence-corrected chi connectivity index (χ2v) is 23.0. The number of nitrogens with zero attached hydrogens (tertiary/aromatic N) is 5. The molecule has 1 amide bonds. The molecule has 6 N–H and O–H groups in total. The molecule has 450 valence electrons. The van der Waals surface area contributed by atoms with Crippen molar-refractivity contribution >= 4 is 57.8 Å². The lowest BCUT2D eigenvalue weighted by molar-refractivity contribution is -0.160. The van der Waals surface area contributed by atoms with Gasteiger partial charge in [-0.1, -0.05) is 51.1 Å². The Kier molecular flexibility index (Phi) is 17.4. The molecule has 0 radical (unpaired) electrons.